The molecule has 0 aliphatic carbocycles. The van der Waals surface area contributed by atoms with E-state index in [1.165, 1.54) is 13.8 Å². The average Bonchev–Trinajstić information content (AvgIpc) is 2.42. The minimum atomic E-state index is -1.11. The number of alkyl halides is 1. The number of halogens is 1. The van der Waals surface area contributed by atoms with E-state index < -0.39 is 53.7 Å². The van der Waals surface area contributed by atoms with Gasteiger partial charge in [0.15, 0.2) is 17.8 Å². The molecule has 0 saturated carbocycles. The van der Waals surface area contributed by atoms with Crippen LogP contribution >= 0.6 is 11.6 Å². The molecule has 1 amide bonds. The van der Waals surface area contributed by atoms with Gasteiger partial charge in [-0.15, -0.1) is 0 Å². The fourth-order valence-electron chi connectivity index (χ4n) is 2.28. The molecule has 24 heavy (non-hydrogen) atoms. The van der Waals surface area contributed by atoms with Gasteiger partial charge >= 0.3 is 17.9 Å². The van der Waals surface area contributed by atoms with Crippen LogP contribution < -0.4 is 5.32 Å². The third-order valence-electron chi connectivity index (χ3n) is 3.06. The summed E-state index contributed by atoms with van der Waals surface area (Å²) in [7, 11) is 0. The third kappa shape index (κ3) is 5.97. The maximum atomic E-state index is 11.4. The highest BCUT2D eigenvalue weighted by molar-refractivity contribution is 6.20. The van der Waals surface area contributed by atoms with Gasteiger partial charge < -0.3 is 24.3 Å². The zero-order valence-corrected chi connectivity index (χ0v) is 14.5. The molecule has 1 saturated heterocycles. The SMILES string of the molecule is CC(=O)N[C@@H]1C(Cl)O[C@@H](COC(C)=O)C(OC(C)=O)[C@H]1OC(C)=O. The predicted octanol–water partition coefficient (Wildman–Crippen LogP) is -0.119. The van der Waals surface area contributed by atoms with Crippen LogP contribution in [0, 0.1) is 0 Å². The summed E-state index contributed by atoms with van der Waals surface area (Å²) in [5, 5.41) is 2.50. The summed E-state index contributed by atoms with van der Waals surface area (Å²) in [5.41, 5.74) is -1.09. The fraction of sp³-hybridized carbons (Fsp3) is 0.714. The van der Waals surface area contributed by atoms with Crippen LogP contribution in [-0.2, 0) is 38.1 Å². The van der Waals surface area contributed by atoms with E-state index in [0.29, 0.717) is 0 Å². The van der Waals surface area contributed by atoms with Crippen LogP contribution in [0.15, 0.2) is 0 Å². The molecular formula is C14H20ClNO8. The van der Waals surface area contributed by atoms with Crippen molar-refractivity contribution < 1.29 is 38.1 Å². The van der Waals surface area contributed by atoms with E-state index in [4.69, 9.17) is 30.5 Å². The highest BCUT2D eigenvalue weighted by atomic mass is 35.5. The number of ether oxygens (including phenoxy) is 4. The molecule has 0 radical (unpaired) electrons. The number of carbonyl (C=O) groups is 4. The fourth-order valence-corrected chi connectivity index (χ4v) is 2.62. The van der Waals surface area contributed by atoms with Crippen LogP contribution in [0.3, 0.4) is 0 Å². The molecule has 1 aliphatic heterocycles. The molecule has 0 spiro atoms. The first-order chi connectivity index (χ1) is 11.1. The molecule has 136 valence electrons. The van der Waals surface area contributed by atoms with Gasteiger partial charge in [-0.25, -0.2) is 0 Å². The number of rotatable bonds is 5. The van der Waals surface area contributed by atoms with E-state index in [0.717, 1.165) is 13.8 Å². The Kier molecular flexibility index (Phi) is 7.43. The van der Waals surface area contributed by atoms with Crippen molar-refractivity contribution in [3.63, 3.8) is 0 Å². The summed E-state index contributed by atoms with van der Waals surface area (Å²) in [5.74, 6) is -2.33. The zero-order chi connectivity index (χ0) is 18.4. The lowest BCUT2D eigenvalue weighted by Crippen LogP contribution is -2.64. The molecule has 0 aromatic rings. The Hall–Kier alpha value is -1.87. The standard InChI is InChI=1S/C14H20ClNO8/c1-6(17)16-11-13(23-9(4)20)12(22-8(3)19)10(24-14(11)15)5-21-7(2)18/h10-14H,5H2,1-4H3,(H,16,17)/t10-,11-,12?,13-,14?/m0/s1. The van der Waals surface area contributed by atoms with Crippen molar-refractivity contribution in [2.45, 2.75) is 57.6 Å². The predicted molar refractivity (Wildman–Crippen MR) is 79.9 cm³/mol. The maximum Gasteiger partial charge on any atom is 0.303 e. The lowest BCUT2D eigenvalue weighted by molar-refractivity contribution is -0.212. The van der Waals surface area contributed by atoms with E-state index in [2.05, 4.69) is 5.32 Å². The Morgan fingerprint density at radius 2 is 1.50 bits per heavy atom. The molecule has 10 heteroatoms. The average molecular weight is 366 g/mol. The normalized spacial score (nSPS) is 29.3. The van der Waals surface area contributed by atoms with Gasteiger partial charge in [0.1, 0.15) is 18.8 Å². The summed E-state index contributed by atoms with van der Waals surface area (Å²) in [6, 6.07) is -0.953. The van der Waals surface area contributed by atoms with E-state index in [-0.39, 0.29) is 6.61 Å². The second kappa shape index (κ2) is 8.84. The van der Waals surface area contributed by atoms with Crippen molar-refractivity contribution in [3.8, 4) is 0 Å². The first kappa shape index (κ1) is 20.2. The smallest absolute Gasteiger partial charge is 0.303 e. The Bertz CT molecular complexity index is 511. The molecular weight excluding hydrogens is 346 g/mol. The van der Waals surface area contributed by atoms with E-state index in [1.807, 2.05) is 0 Å². The third-order valence-corrected chi connectivity index (χ3v) is 3.43. The van der Waals surface area contributed by atoms with E-state index >= 15 is 0 Å². The van der Waals surface area contributed by atoms with Crippen molar-refractivity contribution in [3.05, 3.63) is 0 Å². The largest absolute Gasteiger partial charge is 0.463 e. The van der Waals surface area contributed by atoms with Crippen LogP contribution in [0.25, 0.3) is 0 Å². The summed E-state index contributed by atoms with van der Waals surface area (Å²) in [6.45, 7) is 4.51. The Labute approximate surface area is 143 Å². The van der Waals surface area contributed by atoms with Crippen molar-refractivity contribution in [2.75, 3.05) is 6.61 Å². The zero-order valence-electron chi connectivity index (χ0n) is 13.7. The van der Waals surface area contributed by atoms with Gasteiger partial charge in [-0.05, 0) is 0 Å². The Balaban J connectivity index is 3.11. The summed E-state index contributed by atoms with van der Waals surface area (Å²) in [4.78, 5) is 45.2. The van der Waals surface area contributed by atoms with Gasteiger partial charge in [-0.3, -0.25) is 19.2 Å². The highest BCUT2D eigenvalue weighted by Crippen LogP contribution is 2.28. The van der Waals surface area contributed by atoms with Crippen LogP contribution in [0.2, 0.25) is 0 Å². The minimum absolute atomic E-state index is 0.263. The van der Waals surface area contributed by atoms with Gasteiger partial charge in [0, 0.05) is 27.7 Å². The molecule has 9 nitrogen and oxygen atoms in total. The monoisotopic (exact) mass is 365 g/mol. The lowest BCUT2D eigenvalue weighted by atomic mass is 9.97. The van der Waals surface area contributed by atoms with Gasteiger partial charge in [-0.1, -0.05) is 11.6 Å². The molecule has 0 aromatic carbocycles. The molecule has 0 aromatic heterocycles. The second-order valence-electron chi connectivity index (χ2n) is 5.20. The number of carbonyl (C=O) groups excluding carboxylic acids is 4. The number of nitrogens with one attached hydrogen (secondary N) is 1. The molecule has 5 atom stereocenters. The molecule has 2 unspecified atom stereocenters. The van der Waals surface area contributed by atoms with Crippen LogP contribution in [0.5, 0.6) is 0 Å². The van der Waals surface area contributed by atoms with E-state index in [9.17, 15) is 19.2 Å². The minimum Gasteiger partial charge on any atom is -0.463 e. The van der Waals surface area contributed by atoms with Gasteiger partial charge in [-0.2, -0.15) is 0 Å². The molecule has 1 fully saturated rings. The summed E-state index contributed by atoms with van der Waals surface area (Å²) in [6.07, 6.45) is -3.18. The lowest BCUT2D eigenvalue weighted by Gasteiger charge is -2.43. The topological polar surface area (TPSA) is 117 Å². The van der Waals surface area contributed by atoms with Crippen molar-refractivity contribution in [1.29, 1.82) is 0 Å². The molecule has 1 heterocycles. The van der Waals surface area contributed by atoms with Crippen molar-refractivity contribution >= 4 is 35.4 Å². The molecule has 1 N–H and O–H groups in total. The quantitative estimate of drug-likeness (QED) is 0.407. The molecule has 0 bridgehead atoms. The van der Waals surface area contributed by atoms with Crippen LogP contribution in [0.1, 0.15) is 27.7 Å². The van der Waals surface area contributed by atoms with E-state index in [1.54, 1.807) is 0 Å². The summed E-state index contributed by atoms with van der Waals surface area (Å²) < 4.78 is 20.7. The molecule has 1 rings (SSSR count). The van der Waals surface area contributed by atoms with Gasteiger partial charge in [0.2, 0.25) is 5.91 Å². The number of hydrogen-bond donors (Lipinski definition) is 1. The Morgan fingerprint density at radius 3 is 1.96 bits per heavy atom. The van der Waals surface area contributed by atoms with Crippen molar-refractivity contribution in [1.82, 2.24) is 5.32 Å². The van der Waals surface area contributed by atoms with Crippen molar-refractivity contribution in [2.24, 2.45) is 0 Å². The van der Waals surface area contributed by atoms with Crippen LogP contribution in [-0.4, -0.2) is 60.3 Å². The van der Waals surface area contributed by atoms with Gasteiger partial charge in [0.25, 0.3) is 0 Å². The number of hydrogen-bond acceptors (Lipinski definition) is 8. The first-order valence-electron chi connectivity index (χ1n) is 7.16. The van der Waals surface area contributed by atoms with Crippen LogP contribution in [0.4, 0.5) is 0 Å². The first-order valence-corrected chi connectivity index (χ1v) is 7.60. The second-order valence-corrected chi connectivity index (χ2v) is 5.63. The number of esters is 3. The van der Waals surface area contributed by atoms with Gasteiger partial charge in [0.05, 0.1) is 0 Å². The summed E-state index contributed by atoms with van der Waals surface area (Å²) >= 11 is 6.11. The number of amides is 1. The molecule has 1 aliphatic rings. The maximum absolute atomic E-state index is 11.4. The Morgan fingerprint density at radius 1 is 0.958 bits per heavy atom. The highest BCUT2D eigenvalue weighted by Gasteiger charge is 2.50.